The van der Waals surface area contributed by atoms with Gasteiger partial charge in [0.25, 0.3) is 0 Å². The predicted molar refractivity (Wildman–Crippen MR) is 73.9 cm³/mol. The smallest absolute Gasteiger partial charge is 0.122 e. The molecule has 1 rings (SSSR count). The molecule has 0 fully saturated rings. The van der Waals surface area contributed by atoms with Crippen LogP contribution in [0.25, 0.3) is 0 Å². The molecule has 0 bridgehead atoms. The molecule has 0 spiro atoms. The van der Waals surface area contributed by atoms with Gasteiger partial charge in [0.2, 0.25) is 0 Å². The number of ether oxygens (including phenoxy) is 1. The molecular weight excluding hydrogens is 216 g/mol. The molecule has 0 aliphatic rings. The highest BCUT2D eigenvalue weighted by Gasteiger charge is 2.11. The number of rotatable bonds is 6. The number of hydrogen-bond donors (Lipinski definition) is 1. The van der Waals surface area contributed by atoms with E-state index in [9.17, 15) is 0 Å². The zero-order chi connectivity index (χ0) is 12.0. The van der Waals surface area contributed by atoms with Gasteiger partial charge in [0, 0.05) is 0 Å². The maximum absolute atomic E-state index is 5.68. The van der Waals surface area contributed by atoms with Crippen LogP contribution in [0.4, 0.5) is 0 Å². The van der Waals surface area contributed by atoms with Crippen molar-refractivity contribution in [2.75, 3.05) is 12.4 Å². The molecule has 1 aromatic carbocycles. The largest absolute Gasteiger partial charge is 0.494 e. The summed E-state index contributed by atoms with van der Waals surface area (Å²) in [6, 6.07) is 6.54. The fraction of sp³-hybridized carbons (Fsp3) is 0.571. The molecule has 16 heavy (non-hydrogen) atoms. The standard InChI is InChI=1S/C14H22OS/c1-4-12-6-7-14(15-5-2)13(10-12)11(3)8-9-16/h6-7,10-11,16H,4-5,8-9H2,1-3H3. The third-order valence-corrected chi connectivity index (χ3v) is 3.13. The van der Waals surface area contributed by atoms with Crippen LogP contribution in [0.15, 0.2) is 18.2 Å². The average Bonchev–Trinajstić information content (AvgIpc) is 2.30. The van der Waals surface area contributed by atoms with E-state index in [0.717, 1.165) is 31.0 Å². The highest BCUT2D eigenvalue weighted by Crippen LogP contribution is 2.30. The Morgan fingerprint density at radius 3 is 2.62 bits per heavy atom. The monoisotopic (exact) mass is 238 g/mol. The molecule has 2 heteroatoms. The summed E-state index contributed by atoms with van der Waals surface area (Å²) in [6.07, 6.45) is 2.17. The molecule has 90 valence electrons. The quantitative estimate of drug-likeness (QED) is 0.735. The van der Waals surface area contributed by atoms with Gasteiger partial charge in [-0.15, -0.1) is 0 Å². The van der Waals surface area contributed by atoms with Gasteiger partial charge < -0.3 is 4.74 Å². The molecule has 1 aromatic rings. The van der Waals surface area contributed by atoms with E-state index in [4.69, 9.17) is 4.74 Å². The lowest BCUT2D eigenvalue weighted by molar-refractivity contribution is 0.334. The van der Waals surface area contributed by atoms with E-state index in [0.29, 0.717) is 5.92 Å². The summed E-state index contributed by atoms with van der Waals surface area (Å²) in [5.74, 6) is 2.47. The van der Waals surface area contributed by atoms with Crippen LogP contribution in [0.3, 0.4) is 0 Å². The van der Waals surface area contributed by atoms with Gasteiger partial charge in [-0.25, -0.2) is 0 Å². The Morgan fingerprint density at radius 1 is 1.31 bits per heavy atom. The van der Waals surface area contributed by atoms with Crippen molar-refractivity contribution in [3.63, 3.8) is 0 Å². The molecule has 1 unspecified atom stereocenters. The van der Waals surface area contributed by atoms with Crippen LogP contribution in [0, 0.1) is 0 Å². The normalized spacial score (nSPS) is 12.5. The van der Waals surface area contributed by atoms with E-state index < -0.39 is 0 Å². The molecule has 0 N–H and O–H groups in total. The second-order valence-corrected chi connectivity index (χ2v) is 4.52. The van der Waals surface area contributed by atoms with Crippen molar-refractivity contribution < 1.29 is 4.74 Å². The van der Waals surface area contributed by atoms with Gasteiger partial charge in [0.15, 0.2) is 0 Å². The summed E-state index contributed by atoms with van der Waals surface area (Å²) in [4.78, 5) is 0. The number of benzene rings is 1. The van der Waals surface area contributed by atoms with Crippen LogP contribution < -0.4 is 4.74 Å². The van der Waals surface area contributed by atoms with E-state index in [1.54, 1.807) is 0 Å². The Hall–Kier alpha value is -0.630. The van der Waals surface area contributed by atoms with Crippen LogP contribution in [-0.4, -0.2) is 12.4 Å². The predicted octanol–water partition coefficient (Wildman–Crippen LogP) is 4.07. The second-order valence-electron chi connectivity index (χ2n) is 4.07. The van der Waals surface area contributed by atoms with Crippen LogP contribution in [-0.2, 0) is 6.42 Å². The minimum absolute atomic E-state index is 0.519. The lowest BCUT2D eigenvalue weighted by Crippen LogP contribution is -2.02. The Bertz CT molecular complexity index is 323. The zero-order valence-electron chi connectivity index (χ0n) is 10.5. The topological polar surface area (TPSA) is 9.23 Å². The summed E-state index contributed by atoms with van der Waals surface area (Å²) in [5, 5.41) is 0. The Balaban J connectivity index is 2.99. The highest BCUT2D eigenvalue weighted by atomic mass is 32.1. The van der Waals surface area contributed by atoms with Gasteiger partial charge in [-0.1, -0.05) is 26.0 Å². The summed E-state index contributed by atoms with van der Waals surface area (Å²) >= 11 is 4.30. The van der Waals surface area contributed by atoms with E-state index >= 15 is 0 Å². The molecule has 1 nitrogen and oxygen atoms in total. The summed E-state index contributed by atoms with van der Waals surface area (Å²) < 4.78 is 5.68. The molecule has 0 amide bonds. The first-order valence-corrected chi connectivity index (χ1v) is 6.72. The van der Waals surface area contributed by atoms with Crippen molar-refractivity contribution in [1.29, 1.82) is 0 Å². The van der Waals surface area contributed by atoms with E-state index in [2.05, 4.69) is 44.7 Å². The molecule has 0 radical (unpaired) electrons. The third-order valence-electron chi connectivity index (χ3n) is 2.88. The Labute approximate surface area is 105 Å². The Kier molecular flexibility index (Phi) is 5.75. The second kappa shape index (κ2) is 6.85. The van der Waals surface area contributed by atoms with Gasteiger partial charge in [-0.3, -0.25) is 0 Å². The first-order chi connectivity index (χ1) is 7.72. The van der Waals surface area contributed by atoms with E-state index in [1.165, 1.54) is 11.1 Å². The van der Waals surface area contributed by atoms with Gasteiger partial charge in [0.05, 0.1) is 6.61 Å². The molecule has 1 atom stereocenters. The van der Waals surface area contributed by atoms with Gasteiger partial charge in [-0.05, 0) is 48.6 Å². The summed E-state index contributed by atoms with van der Waals surface area (Å²) in [5.41, 5.74) is 2.71. The van der Waals surface area contributed by atoms with Gasteiger partial charge >= 0.3 is 0 Å². The van der Waals surface area contributed by atoms with Crippen molar-refractivity contribution in [2.24, 2.45) is 0 Å². The molecule has 0 saturated carbocycles. The van der Waals surface area contributed by atoms with E-state index in [-0.39, 0.29) is 0 Å². The van der Waals surface area contributed by atoms with Crippen LogP contribution in [0.2, 0.25) is 0 Å². The van der Waals surface area contributed by atoms with Crippen molar-refractivity contribution in [2.45, 2.75) is 39.5 Å². The van der Waals surface area contributed by atoms with Crippen LogP contribution in [0.1, 0.15) is 44.2 Å². The molecule has 0 aliphatic carbocycles. The maximum atomic E-state index is 5.68. The van der Waals surface area contributed by atoms with Crippen molar-refractivity contribution >= 4 is 12.6 Å². The number of aryl methyl sites for hydroxylation is 1. The number of thiol groups is 1. The fourth-order valence-electron chi connectivity index (χ4n) is 1.84. The molecule has 0 saturated heterocycles. The maximum Gasteiger partial charge on any atom is 0.122 e. The van der Waals surface area contributed by atoms with Crippen molar-refractivity contribution in [1.82, 2.24) is 0 Å². The highest BCUT2D eigenvalue weighted by molar-refractivity contribution is 7.80. The SMILES string of the molecule is CCOc1ccc(CC)cc1C(C)CCS. The van der Waals surface area contributed by atoms with Crippen LogP contribution >= 0.6 is 12.6 Å². The molecule has 0 aromatic heterocycles. The minimum atomic E-state index is 0.519. The summed E-state index contributed by atoms with van der Waals surface area (Å²) in [6.45, 7) is 7.18. The number of hydrogen-bond acceptors (Lipinski definition) is 2. The summed E-state index contributed by atoms with van der Waals surface area (Å²) in [7, 11) is 0. The first kappa shape index (κ1) is 13.4. The van der Waals surface area contributed by atoms with Crippen LogP contribution in [0.5, 0.6) is 5.75 Å². The van der Waals surface area contributed by atoms with Gasteiger partial charge in [0.1, 0.15) is 5.75 Å². The fourth-order valence-corrected chi connectivity index (χ4v) is 2.23. The Morgan fingerprint density at radius 2 is 2.06 bits per heavy atom. The molecular formula is C14H22OS. The lowest BCUT2D eigenvalue weighted by Gasteiger charge is -2.17. The van der Waals surface area contributed by atoms with Crippen molar-refractivity contribution in [3.05, 3.63) is 29.3 Å². The third kappa shape index (κ3) is 3.44. The van der Waals surface area contributed by atoms with E-state index in [1.807, 2.05) is 6.92 Å². The lowest BCUT2D eigenvalue weighted by atomic mass is 9.95. The molecule has 0 aliphatic heterocycles. The van der Waals surface area contributed by atoms with Gasteiger partial charge in [-0.2, -0.15) is 12.6 Å². The average molecular weight is 238 g/mol. The minimum Gasteiger partial charge on any atom is -0.494 e. The first-order valence-electron chi connectivity index (χ1n) is 6.09. The van der Waals surface area contributed by atoms with Crippen molar-refractivity contribution in [3.8, 4) is 5.75 Å². The molecule has 0 heterocycles. The zero-order valence-corrected chi connectivity index (χ0v) is 11.4.